The quantitative estimate of drug-likeness (QED) is 0.884. The highest BCUT2D eigenvalue weighted by Gasteiger charge is 2.24. The molecule has 1 fully saturated rings. The lowest BCUT2D eigenvalue weighted by Gasteiger charge is -2.11. The Morgan fingerprint density at radius 2 is 2.13 bits per heavy atom. The largest absolute Gasteiger partial charge is 0.324 e. The van der Waals surface area contributed by atoms with Crippen molar-refractivity contribution in [3.8, 4) is 0 Å². The van der Waals surface area contributed by atoms with E-state index in [9.17, 15) is 0 Å². The minimum absolute atomic E-state index is 0. The molecule has 2 rings (SSSR count). The summed E-state index contributed by atoms with van der Waals surface area (Å²) in [4.78, 5) is 0. The molecule has 0 unspecified atom stereocenters. The molecular formula is C11H14BrCl2N. The Bertz CT molecular complexity index is 339. The number of hydrogen-bond donors (Lipinski definition) is 1. The Balaban J connectivity index is 0.00000112. The molecule has 1 aliphatic carbocycles. The van der Waals surface area contributed by atoms with E-state index in [1.807, 2.05) is 18.2 Å². The van der Waals surface area contributed by atoms with E-state index < -0.39 is 0 Å². The highest BCUT2D eigenvalue weighted by molar-refractivity contribution is 9.10. The second-order valence-electron chi connectivity index (χ2n) is 3.96. The van der Waals surface area contributed by atoms with Crippen molar-refractivity contribution in [2.24, 2.45) is 11.7 Å². The van der Waals surface area contributed by atoms with Crippen LogP contribution in [-0.2, 0) is 0 Å². The van der Waals surface area contributed by atoms with Crippen molar-refractivity contribution in [1.29, 1.82) is 0 Å². The van der Waals surface area contributed by atoms with Gasteiger partial charge in [-0.2, -0.15) is 0 Å². The SMILES string of the molecule is Cl.N[C@@H](CC1CC1)c1ccc(Cl)c(Br)c1. The highest BCUT2D eigenvalue weighted by Crippen LogP contribution is 2.37. The molecule has 84 valence electrons. The average Bonchev–Trinajstić information content (AvgIpc) is 2.93. The lowest BCUT2D eigenvalue weighted by atomic mass is 10.0. The number of hydrogen-bond acceptors (Lipinski definition) is 1. The number of nitrogens with two attached hydrogens (primary N) is 1. The predicted octanol–water partition coefficient (Wildman–Crippen LogP) is 4.32. The molecule has 0 spiro atoms. The van der Waals surface area contributed by atoms with Crippen molar-refractivity contribution in [1.82, 2.24) is 0 Å². The highest BCUT2D eigenvalue weighted by atomic mass is 79.9. The van der Waals surface area contributed by atoms with Gasteiger partial charge in [0.2, 0.25) is 0 Å². The zero-order valence-corrected chi connectivity index (χ0v) is 11.4. The van der Waals surface area contributed by atoms with Gasteiger partial charge in [0.1, 0.15) is 0 Å². The summed E-state index contributed by atoms with van der Waals surface area (Å²) in [5, 5.41) is 0.743. The number of halogens is 3. The smallest absolute Gasteiger partial charge is 0.0548 e. The Hall–Kier alpha value is 0.240. The third-order valence-corrected chi connectivity index (χ3v) is 3.87. The predicted molar refractivity (Wildman–Crippen MR) is 70.7 cm³/mol. The number of benzene rings is 1. The summed E-state index contributed by atoms with van der Waals surface area (Å²) < 4.78 is 0.933. The maximum Gasteiger partial charge on any atom is 0.0548 e. The molecule has 4 heteroatoms. The van der Waals surface area contributed by atoms with Gasteiger partial charge in [-0.1, -0.05) is 30.5 Å². The van der Waals surface area contributed by atoms with Gasteiger partial charge >= 0.3 is 0 Å². The molecule has 0 heterocycles. The molecule has 15 heavy (non-hydrogen) atoms. The van der Waals surface area contributed by atoms with Gasteiger partial charge in [-0.15, -0.1) is 12.4 Å². The first-order valence-electron chi connectivity index (χ1n) is 4.87. The monoisotopic (exact) mass is 309 g/mol. The van der Waals surface area contributed by atoms with Crippen LogP contribution in [0.25, 0.3) is 0 Å². The molecule has 0 aliphatic heterocycles. The second-order valence-corrected chi connectivity index (χ2v) is 5.22. The van der Waals surface area contributed by atoms with Gasteiger partial charge in [0, 0.05) is 10.5 Å². The minimum Gasteiger partial charge on any atom is -0.324 e. The Kier molecular flexibility index (Phi) is 4.91. The van der Waals surface area contributed by atoms with Crippen LogP contribution in [-0.4, -0.2) is 0 Å². The van der Waals surface area contributed by atoms with Gasteiger partial charge in [0.15, 0.2) is 0 Å². The first kappa shape index (κ1) is 13.3. The summed E-state index contributed by atoms with van der Waals surface area (Å²) in [5.41, 5.74) is 7.27. The molecule has 1 aliphatic rings. The molecule has 1 aromatic rings. The first-order valence-corrected chi connectivity index (χ1v) is 6.04. The van der Waals surface area contributed by atoms with E-state index in [0.717, 1.165) is 21.8 Å². The van der Waals surface area contributed by atoms with E-state index in [2.05, 4.69) is 15.9 Å². The van der Waals surface area contributed by atoms with E-state index in [4.69, 9.17) is 17.3 Å². The molecule has 1 aromatic carbocycles. The van der Waals surface area contributed by atoms with Gasteiger partial charge in [-0.3, -0.25) is 0 Å². The molecule has 0 aromatic heterocycles. The van der Waals surface area contributed by atoms with Crippen LogP contribution in [0.15, 0.2) is 22.7 Å². The van der Waals surface area contributed by atoms with Crippen molar-refractivity contribution < 1.29 is 0 Å². The van der Waals surface area contributed by atoms with Crippen LogP contribution in [0.3, 0.4) is 0 Å². The molecule has 1 nitrogen and oxygen atoms in total. The fourth-order valence-corrected chi connectivity index (χ4v) is 2.11. The fourth-order valence-electron chi connectivity index (χ4n) is 1.59. The van der Waals surface area contributed by atoms with Crippen molar-refractivity contribution in [3.05, 3.63) is 33.3 Å². The van der Waals surface area contributed by atoms with Crippen LogP contribution in [0.4, 0.5) is 0 Å². The summed E-state index contributed by atoms with van der Waals surface area (Å²) >= 11 is 9.32. The van der Waals surface area contributed by atoms with E-state index in [1.54, 1.807) is 0 Å². The van der Waals surface area contributed by atoms with Crippen molar-refractivity contribution in [2.75, 3.05) is 0 Å². The van der Waals surface area contributed by atoms with Crippen LogP contribution in [0.2, 0.25) is 5.02 Å². The van der Waals surface area contributed by atoms with Crippen LogP contribution in [0.5, 0.6) is 0 Å². The molecule has 0 radical (unpaired) electrons. The standard InChI is InChI=1S/C11H13BrClN.ClH/c12-9-6-8(3-4-10(9)13)11(14)5-7-1-2-7;/h3-4,6-7,11H,1-2,5,14H2;1H/t11-;/m0./s1. The summed E-state index contributed by atoms with van der Waals surface area (Å²) in [7, 11) is 0. The molecule has 0 bridgehead atoms. The second kappa shape index (κ2) is 5.53. The van der Waals surface area contributed by atoms with Crippen molar-refractivity contribution in [2.45, 2.75) is 25.3 Å². The van der Waals surface area contributed by atoms with E-state index in [-0.39, 0.29) is 18.4 Å². The average molecular weight is 311 g/mol. The van der Waals surface area contributed by atoms with Crippen molar-refractivity contribution in [3.63, 3.8) is 0 Å². The summed E-state index contributed by atoms with van der Waals surface area (Å²) in [5.74, 6) is 0.861. The maximum atomic E-state index is 6.09. The summed E-state index contributed by atoms with van der Waals surface area (Å²) in [6.07, 6.45) is 3.80. The zero-order chi connectivity index (χ0) is 10.1. The maximum absolute atomic E-state index is 6.09. The Labute approximate surface area is 110 Å². The van der Waals surface area contributed by atoms with Crippen LogP contribution in [0, 0.1) is 5.92 Å². The zero-order valence-electron chi connectivity index (χ0n) is 8.25. The molecular weight excluding hydrogens is 297 g/mol. The third-order valence-electron chi connectivity index (χ3n) is 2.66. The van der Waals surface area contributed by atoms with Gasteiger partial charge < -0.3 is 5.73 Å². The molecule has 0 saturated heterocycles. The Morgan fingerprint density at radius 3 is 2.67 bits per heavy atom. The summed E-state index contributed by atoms with van der Waals surface area (Å²) in [6, 6.07) is 6.10. The third kappa shape index (κ3) is 3.63. The van der Waals surface area contributed by atoms with E-state index in [0.29, 0.717) is 0 Å². The minimum atomic E-state index is 0. The van der Waals surface area contributed by atoms with Crippen LogP contribution >= 0.6 is 39.9 Å². The lowest BCUT2D eigenvalue weighted by molar-refractivity contribution is 0.597. The van der Waals surface area contributed by atoms with E-state index >= 15 is 0 Å². The first-order chi connectivity index (χ1) is 6.66. The van der Waals surface area contributed by atoms with E-state index in [1.165, 1.54) is 18.4 Å². The molecule has 2 N–H and O–H groups in total. The van der Waals surface area contributed by atoms with Gasteiger partial charge in [0.25, 0.3) is 0 Å². The lowest BCUT2D eigenvalue weighted by Crippen LogP contribution is -2.10. The van der Waals surface area contributed by atoms with Crippen LogP contribution < -0.4 is 5.73 Å². The number of rotatable bonds is 3. The normalized spacial score (nSPS) is 17.0. The van der Waals surface area contributed by atoms with Crippen LogP contribution in [0.1, 0.15) is 30.9 Å². The fraction of sp³-hybridized carbons (Fsp3) is 0.455. The Morgan fingerprint density at radius 1 is 1.47 bits per heavy atom. The summed E-state index contributed by atoms with van der Waals surface area (Å²) in [6.45, 7) is 0. The van der Waals surface area contributed by atoms with Gasteiger partial charge in [0.05, 0.1) is 5.02 Å². The molecule has 1 atom stereocenters. The van der Waals surface area contributed by atoms with Gasteiger partial charge in [-0.05, 0) is 46.0 Å². The molecule has 0 amide bonds. The van der Waals surface area contributed by atoms with Crippen molar-refractivity contribution >= 4 is 39.9 Å². The van der Waals surface area contributed by atoms with Gasteiger partial charge in [-0.25, -0.2) is 0 Å². The molecule has 1 saturated carbocycles. The topological polar surface area (TPSA) is 26.0 Å².